The zero-order valence-corrected chi connectivity index (χ0v) is 15.2. The van der Waals surface area contributed by atoms with Crippen LogP contribution >= 0.6 is 15.9 Å². The van der Waals surface area contributed by atoms with Crippen molar-refractivity contribution in [1.82, 2.24) is 9.97 Å². The summed E-state index contributed by atoms with van der Waals surface area (Å²) in [4.78, 5) is 23.2. The van der Waals surface area contributed by atoms with Crippen LogP contribution in [0.25, 0.3) is 10.9 Å². The average molecular weight is 397 g/mol. The Hall–Kier alpha value is -2.47. The second-order valence-corrected chi connectivity index (χ2v) is 6.93. The number of aryl methyl sites for hydroxylation is 1. The molecule has 25 heavy (non-hydrogen) atoms. The van der Waals surface area contributed by atoms with E-state index in [1.807, 2.05) is 41.3 Å². The summed E-state index contributed by atoms with van der Waals surface area (Å²) >= 11 is 3.47. The summed E-state index contributed by atoms with van der Waals surface area (Å²) in [6.07, 6.45) is 3.53. The van der Waals surface area contributed by atoms with Crippen molar-refractivity contribution < 1.29 is 4.79 Å². The molecule has 0 saturated heterocycles. The molecule has 4 rings (SSSR count). The van der Waals surface area contributed by atoms with Gasteiger partial charge < -0.3 is 10.2 Å². The number of nitrogens with one attached hydrogen (secondary N) is 1. The number of amides is 1. The highest BCUT2D eigenvalue weighted by Crippen LogP contribution is 2.27. The lowest BCUT2D eigenvalue weighted by Gasteiger charge is -2.29. The highest BCUT2D eigenvalue weighted by atomic mass is 79.9. The second-order valence-electron chi connectivity index (χ2n) is 6.01. The van der Waals surface area contributed by atoms with Gasteiger partial charge in [0.15, 0.2) is 0 Å². The molecular weight excluding hydrogens is 380 g/mol. The van der Waals surface area contributed by atoms with Crippen LogP contribution in [-0.4, -0.2) is 29.0 Å². The third kappa shape index (κ3) is 3.22. The van der Waals surface area contributed by atoms with Crippen molar-refractivity contribution in [3.63, 3.8) is 0 Å². The Morgan fingerprint density at radius 2 is 2.08 bits per heavy atom. The van der Waals surface area contributed by atoms with Crippen molar-refractivity contribution in [2.75, 3.05) is 23.3 Å². The quantitative estimate of drug-likeness (QED) is 0.731. The number of halogens is 1. The molecule has 1 amide bonds. The van der Waals surface area contributed by atoms with Gasteiger partial charge in [-0.1, -0.05) is 34.1 Å². The number of rotatable bonds is 3. The first-order chi connectivity index (χ1) is 12.2. The summed E-state index contributed by atoms with van der Waals surface area (Å²) in [5.74, 6) is 0.721. The molecule has 2 heterocycles. The van der Waals surface area contributed by atoms with Crippen molar-refractivity contribution in [2.24, 2.45) is 0 Å². The maximum Gasteiger partial charge on any atom is 0.246 e. The molecule has 0 radical (unpaired) electrons. The molecule has 5 nitrogen and oxygen atoms in total. The Bertz CT molecular complexity index is 944. The van der Waals surface area contributed by atoms with Gasteiger partial charge in [-0.05, 0) is 42.7 Å². The van der Waals surface area contributed by atoms with E-state index >= 15 is 0 Å². The number of anilines is 2. The average Bonchev–Trinajstić information content (AvgIpc) is 2.65. The molecule has 126 valence electrons. The summed E-state index contributed by atoms with van der Waals surface area (Å²) < 4.78 is 0.953. The van der Waals surface area contributed by atoms with Gasteiger partial charge in [0.25, 0.3) is 0 Å². The first-order valence-electron chi connectivity index (χ1n) is 8.25. The molecular formula is C19H17BrN4O. The zero-order chi connectivity index (χ0) is 17.2. The van der Waals surface area contributed by atoms with Crippen LogP contribution in [0.5, 0.6) is 0 Å². The molecule has 6 heteroatoms. The Labute approximate surface area is 154 Å². The normalized spacial score (nSPS) is 13.6. The number of benzene rings is 2. The van der Waals surface area contributed by atoms with Crippen LogP contribution in [-0.2, 0) is 11.2 Å². The van der Waals surface area contributed by atoms with Crippen LogP contribution in [0.15, 0.2) is 53.3 Å². The fraction of sp³-hybridized carbons (Fsp3) is 0.211. The van der Waals surface area contributed by atoms with Gasteiger partial charge in [-0.25, -0.2) is 9.97 Å². The summed E-state index contributed by atoms with van der Waals surface area (Å²) in [5, 5.41) is 4.07. The lowest BCUT2D eigenvalue weighted by atomic mass is 10.0. The van der Waals surface area contributed by atoms with Gasteiger partial charge in [0.2, 0.25) is 5.91 Å². The third-order valence-electron chi connectivity index (χ3n) is 4.42. The Kier molecular flexibility index (Phi) is 4.36. The molecule has 1 N–H and O–H groups in total. The fourth-order valence-electron chi connectivity index (χ4n) is 3.22. The molecule has 1 aliphatic rings. The van der Waals surface area contributed by atoms with Crippen molar-refractivity contribution in [1.29, 1.82) is 0 Å². The van der Waals surface area contributed by atoms with E-state index in [1.54, 1.807) is 0 Å². The Morgan fingerprint density at radius 3 is 3.00 bits per heavy atom. The predicted molar refractivity (Wildman–Crippen MR) is 103 cm³/mol. The van der Waals surface area contributed by atoms with Crippen LogP contribution in [0.1, 0.15) is 12.0 Å². The van der Waals surface area contributed by atoms with E-state index in [2.05, 4.69) is 37.3 Å². The zero-order valence-electron chi connectivity index (χ0n) is 13.6. The summed E-state index contributed by atoms with van der Waals surface area (Å²) in [5.41, 5.74) is 3.10. The number of carbonyl (C=O) groups excluding carboxylic acids is 1. The van der Waals surface area contributed by atoms with Crippen molar-refractivity contribution in [3.05, 3.63) is 58.8 Å². The van der Waals surface area contributed by atoms with E-state index in [4.69, 9.17) is 0 Å². The molecule has 3 aromatic rings. The van der Waals surface area contributed by atoms with E-state index in [0.717, 1.165) is 40.4 Å². The number of hydrogen-bond acceptors (Lipinski definition) is 4. The molecule has 0 aliphatic carbocycles. The Balaban J connectivity index is 1.55. The number of para-hydroxylation sites is 1. The summed E-state index contributed by atoms with van der Waals surface area (Å²) in [6.45, 7) is 0.959. The summed E-state index contributed by atoms with van der Waals surface area (Å²) in [6, 6.07) is 13.9. The predicted octanol–water partition coefficient (Wildman–Crippen LogP) is 3.78. The lowest BCUT2D eigenvalue weighted by Crippen LogP contribution is -2.39. The SMILES string of the molecule is O=C(CNc1ncnc2ccc(Br)cc12)N1CCCc2ccccc21. The summed E-state index contributed by atoms with van der Waals surface area (Å²) in [7, 11) is 0. The van der Waals surface area contributed by atoms with Crippen molar-refractivity contribution in [2.45, 2.75) is 12.8 Å². The van der Waals surface area contributed by atoms with E-state index in [1.165, 1.54) is 11.9 Å². The van der Waals surface area contributed by atoms with Crippen LogP contribution in [0.4, 0.5) is 11.5 Å². The van der Waals surface area contributed by atoms with Crippen molar-refractivity contribution in [3.8, 4) is 0 Å². The minimum Gasteiger partial charge on any atom is -0.360 e. The van der Waals surface area contributed by atoms with Crippen LogP contribution in [0.2, 0.25) is 0 Å². The highest BCUT2D eigenvalue weighted by Gasteiger charge is 2.22. The molecule has 0 spiro atoms. The first-order valence-corrected chi connectivity index (χ1v) is 9.04. The van der Waals surface area contributed by atoms with Gasteiger partial charge in [-0.2, -0.15) is 0 Å². The minimum atomic E-state index is 0.0499. The van der Waals surface area contributed by atoms with Gasteiger partial charge in [-0.3, -0.25) is 4.79 Å². The fourth-order valence-corrected chi connectivity index (χ4v) is 3.58. The molecule has 0 saturated carbocycles. The number of aromatic nitrogens is 2. The topological polar surface area (TPSA) is 58.1 Å². The van der Waals surface area contributed by atoms with Gasteiger partial charge in [0, 0.05) is 22.1 Å². The largest absolute Gasteiger partial charge is 0.360 e. The second kappa shape index (κ2) is 6.80. The van der Waals surface area contributed by atoms with Crippen molar-refractivity contribution >= 4 is 44.2 Å². The number of fused-ring (bicyclic) bond motifs is 2. The van der Waals surface area contributed by atoms with Crippen LogP contribution in [0.3, 0.4) is 0 Å². The standard InChI is InChI=1S/C19H17BrN4O/c20-14-7-8-16-15(10-14)19(23-12-22-16)21-11-18(25)24-9-3-5-13-4-1-2-6-17(13)24/h1-2,4,6-8,10,12H,3,5,9,11H2,(H,21,22,23). The van der Waals surface area contributed by atoms with E-state index in [-0.39, 0.29) is 12.5 Å². The minimum absolute atomic E-state index is 0.0499. The number of nitrogens with zero attached hydrogens (tertiary/aromatic N) is 3. The first kappa shape index (κ1) is 16.0. The van der Waals surface area contributed by atoms with Gasteiger partial charge in [0.05, 0.1) is 12.1 Å². The molecule has 0 unspecified atom stereocenters. The van der Waals surface area contributed by atoms with Gasteiger partial charge in [0.1, 0.15) is 12.1 Å². The molecule has 1 aliphatic heterocycles. The maximum absolute atomic E-state index is 12.7. The molecule has 0 fully saturated rings. The van der Waals surface area contributed by atoms with E-state index in [0.29, 0.717) is 5.82 Å². The van der Waals surface area contributed by atoms with Crippen LogP contribution in [0, 0.1) is 0 Å². The Morgan fingerprint density at radius 1 is 1.20 bits per heavy atom. The maximum atomic E-state index is 12.7. The molecule has 0 atom stereocenters. The van der Waals surface area contributed by atoms with Crippen LogP contribution < -0.4 is 10.2 Å². The highest BCUT2D eigenvalue weighted by molar-refractivity contribution is 9.10. The number of hydrogen-bond donors (Lipinski definition) is 1. The smallest absolute Gasteiger partial charge is 0.246 e. The lowest BCUT2D eigenvalue weighted by molar-refractivity contribution is -0.117. The van der Waals surface area contributed by atoms with Gasteiger partial charge in [-0.15, -0.1) is 0 Å². The molecule has 0 bridgehead atoms. The molecule has 1 aromatic heterocycles. The third-order valence-corrected chi connectivity index (χ3v) is 4.91. The molecule has 2 aromatic carbocycles. The van der Waals surface area contributed by atoms with E-state index in [9.17, 15) is 4.79 Å². The van der Waals surface area contributed by atoms with E-state index < -0.39 is 0 Å². The number of carbonyl (C=O) groups is 1. The van der Waals surface area contributed by atoms with Gasteiger partial charge >= 0.3 is 0 Å². The monoisotopic (exact) mass is 396 g/mol.